The van der Waals surface area contributed by atoms with Gasteiger partial charge in [0.25, 0.3) is 11.8 Å². The highest BCUT2D eigenvalue weighted by Crippen LogP contribution is 2.24. The molecule has 3 aromatic carbocycles. The van der Waals surface area contributed by atoms with E-state index in [0.29, 0.717) is 16.8 Å². The number of rotatable bonds is 6. The third kappa shape index (κ3) is 4.83. The van der Waals surface area contributed by atoms with Crippen molar-refractivity contribution in [1.82, 2.24) is 4.90 Å². The molecule has 0 atom stereocenters. The van der Waals surface area contributed by atoms with Gasteiger partial charge in [0.2, 0.25) is 0 Å². The number of carboxylic acids is 1. The lowest BCUT2D eigenvalue weighted by molar-refractivity contribution is -0.147. The van der Waals surface area contributed by atoms with Crippen LogP contribution in [0.3, 0.4) is 0 Å². The van der Waals surface area contributed by atoms with E-state index in [1.165, 1.54) is 50.1 Å². The molecule has 0 spiro atoms. The van der Waals surface area contributed by atoms with Crippen LogP contribution in [-0.4, -0.2) is 40.4 Å². The Labute approximate surface area is 185 Å². The highest BCUT2D eigenvalue weighted by Gasteiger charge is 2.35. The maximum Gasteiger partial charge on any atom is 0.329 e. The van der Waals surface area contributed by atoms with Crippen molar-refractivity contribution in [1.29, 1.82) is 0 Å². The smallest absolute Gasteiger partial charge is 0.329 e. The van der Waals surface area contributed by atoms with Crippen LogP contribution < -0.4 is 5.32 Å². The Bertz CT molecular complexity index is 1140. The zero-order chi connectivity index (χ0) is 23.5. The Morgan fingerprint density at radius 2 is 1.28 bits per heavy atom. The molecule has 0 saturated heterocycles. The van der Waals surface area contributed by atoms with Gasteiger partial charge in [-0.3, -0.25) is 9.59 Å². The summed E-state index contributed by atoms with van der Waals surface area (Å²) in [5.74, 6) is -2.22. The fourth-order valence-electron chi connectivity index (χ4n) is 2.95. The summed E-state index contributed by atoms with van der Waals surface area (Å²) in [6.45, 7) is 2.94. The largest absolute Gasteiger partial charge is 0.480 e. The van der Waals surface area contributed by atoms with Gasteiger partial charge in [0.15, 0.2) is 0 Å². The molecule has 0 aliphatic heterocycles. The second kappa shape index (κ2) is 9.01. The van der Waals surface area contributed by atoms with E-state index in [4.69, 9.17) is 0 Å². The molecule has 2 N–H and O–H groups in total. The van der Waals surface area contributed by atoms with Crippen LogP contribution in [0.2, 0.25) is 0 Å². The number of hydrogen-bond acceptors (Lipinski definition) is 3. The van der Waals surface area contributed by atoms with Crippen molar-refractivity contribution in [2.24, 2.45) is 0 Å². The van der Waals surface area contributed by atoms with Crippen molar-refractivity contribution in [3.63, 3.8) is 0 Å². The van der Waals surface area contributed by atoms with Crippen molar-refractivity contribution < 1.29 is 23.9 Å². The average molecular weight is 434 g/mol. The van der Waals surface area contributed by atoms with Crippen molar-refractivity contribution in [2.75, 3.05) is 12.4 Å². The Morgan fingerprint density at radius 1 is 0.812 bits per heavy atom. The van der Waals surface area contributed by atoms with Gasteiger partial charge in [0.05, 0.1) is 0 Å². The molecule has 0 aliphatic carbocycles. The summed E-state index contributed by atoms with van der Waals surface area (Å²) < 4.78 is 13.0. The van der Waals surface area contributed by atoms with Gasteiger partial charge in [-0.25, -0.2) is 9.18 Å². The van der Waals surface area contributed by atoms with Crippen molar-refractivity contribution in [2.45, 2.75) is 19.4 Å². The highest BCUT2D eigenvalue weighted by atomic mass is 19.1. The van der Waals surface area contributed by atoms with Gasteiger partial charge in [-0.1, -0.05) is 24.3 Å². The topological polar surface area (TPSA) is 86.7 Å². The Morgan fingerprint density at radius 3 is 1.78 bits per heavy atom. The van der Waals surface area contributed by atoms with Gasteiger partial charge in [-0.2, -0.15) is 0 Å². The standard InChI is InChI=1S/C25H23FN2O4/c1-25(2,24(31)32)28(3)23(30)19-6-4-16(5-7-19)17-10-14-21(15-11-17)27-22(29)18-8-12-20(26)13-9-18/h4-15H,1-3H3,(H,27,29)(H,31,32). The molecule has 164 valence electrons. The summed E-state index contributed by atoms with van der Waals surface area (Å²) in [6, 6.07) is 19.3. The van der Waals surface area contributed by atoms with E-state index in [0.717, 1.165) is 11.1 Å². The van der Waals surface area contributed by atoms with Crippen molar-refractivity contribution >= 4 is 23.5 Å². The van der Waals surface area contributed by atoms with E-state index in [-0.39, 0.29) is 11.8 Å². The molecule has 0 aromatic heterocycles. The molecule has 2 amide bonds. The van der Waals surface area contributed by atoms with E-state index in [1.807, 2.05) is 12.1 Å². The minimum Gasteiger partial charge on any atom is -0.480 e. The van der Waals surface area contributed by atoms with Gasteiger partial charge in [0.1, 0.15) is 11.4 Å². The summed E-state index contributed by atoms with van der Waals surface area (Å²) in [4.78, 5) is 37.5. The van der Waals surface area contributed by atoms with Crippen LogP contribution in [0, 0.1) is 5.82 Å². The van der Waals surface area contributed by atoms with Crippen LogP contribution in [0.1, 0.15) is 34.6 Å². The lowest BCUT2D eigenvalue weighted by Gasteiger charge is -2.31. The number of amides is 2. The van der Waals surface area contributed by atoms with E-state index in [2.05, 4.69) is 5.32 Å². The molecule has 3 aromatic rings. The van der Waals surface area contributed by atoms with E-state index in [1.54, 1.807) is 36.4 Å². The summed E-state index contributed by atoms with van der Waals surface area (Å²) in [5, 5.41) is 12.1. The fraction of sp³-hybridized carbons (Fsp3) is 0.160. The zero-order valence-electron chi connectivity index (χ0n) is 17.9. The van der Waals surface area contributed by atoms with Crippen LogP contribution in [0.5, 0.6) is 0 Å². The molecule has 0 bridgehead atoms. The molecular formula is C25H23FN2O4. The minimum atomic E-state index is -1.33. The minimum absolute atomic E-state index is 0.339. The maximum absolute atomic E-state index is 13.0. The number of hydrogen-bond donors (Lipinski definition) is 2. The number of halogens is 1. The van der Waals surface area contributed by atoms with Gasteiger partial charge in [0, 0.05) is 23.9 Å². The van der Waals surface area contributed by atoms with Crippen molar-refractivity contribution in [3.05, 3.63) is 89.7 Å². The number of carbonyl (C=O) groups excluding carboxylic acids is 2. The summed E-state index contributed by atoms with van der Waals surface area (Å²) in [6.07, 6.45) is 0. The average Bonchev–Trinajstić information content (AvgIpc) is 2.79. The van der Waals surface area contributed by atoms with Crippen LogP contribution >= 0.6 is 0 Å². The highest BCUT2D eigenvalue weighted by molar-refractivity contribution is 6.04. The quantitative estimate of drug-likeness (QED) is 0.590. The summed E-state index contributed by atoms with van der Waals surface area (Å²) in [5.41, 5.74) is 1.73. The molecule has 0 saturated carbocycles. The normalized spacial score (nSPS) is 11.0. The molecule has 6 nitrogen and oxygen atoms in total. The van der Waals surface area contributed by atoms with E-state index >= 15 is 0 Å². The number of carboxylic acid groups (broad SMARTS) is 1. The molecule has 3 rings (SSSR count). The predicted molar refractivity (Wildman–Crippen MR) is 120 cm³/mol. The second-order valence-corrected chi connectivity index (χ2v) is 7.84. The molecule has 0 fully saturated rings. The van der Waals surface area contributed by atoms with Crippen molar-refractivity contribution in [3.8, 4) is 11.1 Å². The lowest BCUT2D eigenvalue weighted by Crippen LogP contribution is -2.50. The summed E-state index contributed by atoms with van der Waals surface area (Å²) in [7, 11) is 1.46. The molecule has 0 radical (unpaired) electrons. The monoisotopic (exact) mass is 434 g/mol. The SMILES string of the molecule is CN(C(=O)c1ccc(-c2ccc(NC(=O)c3ccc(F)cc3)cc2)cc1)C(C)(C)C(=O)O. The van der Waals surface area contributed by atoms with E-state index < -0.39 is 17.3 Å². The number of nitrogens with zero attached hydrogens (tertiary/aromatic N) is 1. The Balaban J connectivity index is 1.70. The Kier molecular flexibility index (Phi) is 6.39. The van der Waals surface area contributed by atoms with Gasteiger partial charge in [-0.05, 0) is 73.5 Å². The number of likely N-dealkylation sites (N-methyl/N-ethyl adjacent to an activating group) is 1. The van der Waals surface area contributed by atoms with Crippen LogP contribution in [-0.2, 0) is 4.79 Å². The first-order chi connectivity index (χ1) is 15.1. The zero-order valence-corrected chi connectivity index (χ0v) is 17.9. The lowest BCUT2D eigenvalue weighted by atomic mass is 10.0. The molecule has 32 heavy (non-hydrogen) atoms. The molecule has 0 heterocycles. The summed E-state index contributed by atoms with van der Waals surface area (Å²) >= 11 is 0. The van der Waals surface area contributed by atoms with Gasteiger partial charge in [-0.15, -0.1) is 0 Å². The predicted octanol–water partition coefficient (Wildman–Crippen LogP) is 4.68. The van der Waals surface area contributed by atoms with Crippen LogP contribution in [0.15, 0.2) is 72.8 Å². The number of nitrogens with one attached hydrogen (secondary N) is 1. The number of anilines is 1. The molecular weight excluding hydrogens is 411 g/mol. The van der Waals surface area contributed by atoms with E-state index in [9.17, 15) is 23.9 Å². The fourth-order valence-corrected chi connectivity index (χ4v) is 2.95. The first-order valence-corrected chi connectivity index (χ1v) is 9.88. The van der Waals surface area contributed by atoms with Crippen LogP contribution in [0.25, 0.3) is 11.1 Å². The molecule has 0 aliphatic rings. The molecule has 0 unspecified atom stereocenters. The third-order valence-corrected chi connectivity index (χ3v) is 5.38. The maximum atomic E-state index is 13.0. The first-order valence-electron chi connectivity index (χ1n) is 9.88. The Hall–Kier alpha value is -4.00. The number of aliphatic carboxylic acids is 1. The van der Waals surface area contributed by atoms with Gasteiger partial charge >= 0.3 is 5.97 Å². The first kappa shape index (κ1) is 22.7. The molecule has 7 heteroatoms. The number of carbonyl (C=O) groups is 3. The van der Waals surface area contributed by atoms with Crippen LogP contribution in [0.4, 0.5) is 10.1 Å². The van der Waals surface area contributed by atoms with Gasteiger partial charge < -0.3 is 15.3 Å². The number of benzene rings is 3. The second-order valence-electron chi connectivity index (χ2n) is 7.84. The third-order valence-electron chi connectivity index (χ3n) is 5.38.